The average molecular weight is 358 g/mol. The first-order chi connectivity index (χ1) is 8.49. The Balaban J connectivity index is 2.57. The summed E-state index contributed by atoms with van der Waals surface area (Å²) in [6.45, 7) is 3.83. The first-order valence-electron chi connectivity index (χ1n) is 5.30. The van der Waals surface area contributed by atoms with Gasteiger partial charge in [-0.15, -0.1) is 0 Å². The smallest absolute Gasteiger partial charge is 0.356 e. The van der Waals surface area contributed by atoms with E-state index in [1.54, 1.807) is 12.4 Å². The van der Waals surface area contributed by atoms with Gasteiger partial charge in [0.25, 0.3) is 0 Å². The van der Waals surface area contributed by atoms with E-state index in [0.29, 0.717) is 11.5 Å². The van der Waals surface area contributed by atoms with Crippen LogP contribution in [0.25, 0.3) is 5.69 Å². The molecule has 2 aromatic rings. The largest absolute Gasteiger partial charge is 0.476 e. The summed E-state index contributed by atoms with van der Waals surface area (Å²) in [6, 6.07) is 0. The molecule has 0 aliphatic rings. The van der Waals surface area contributed by atoms with Gasteiger partial charge in [0.05, 0.1) is 16.0 Å². The second-order valence-electron chi connectivity index (χ2n) is 4.03. The van der Waals surface area contributed by atoms with Gasteiger partial charge in [0.15, 0.2) is 5.69 Å². The minimum Gasteiger partial charge on any atom is -0.476 e. The molecule has 0 fully saturated rings. The van der Waals surface area contributed by atoms with Crippen LogP contribution in [0.4, 0.5) is 0 Å². The van der Waals surface area contributed by atoms with Gasteiger partial charge in [-0.3, -0.25) is 0 Å². The first kappa shape index (κ1) is 12.9. The van der Waals surface area contributed by atoms with Gasteiger partial charge in [-0.05, 0) is 22.6 Å². The zero-order valence-electron chi connectivity index (χ0n) is 9.83. The fraction of sp³-hybridized carbons (Fsp3) is 0.273. The lowest BCUT2D eigenvalue weighted by molar-refractivity contribution is 0.0689. The Kier molecular flexibility index (Phi) is 3.60. The van der Waals surface area contributed by atoms with Gasteiger partial charge in [0.2, 0.25) is 0 Å². The Morgan fingerprint density at radius 2 is 2.17 bits per heavy atom. The molecule has 2 rings (SSSR count). The monoisotopic (exact) mass is 358 g/mol. The molecular weight excluding hydrogens is 347 g/mol. The highest BCUT2D eigenvalue weighted by molar-refractivity contribution is 14.1. The topological polar surface area (TPSA) is 80.9 Å². The fourth-order valence-electron chi connectivity index (χ4n) is 1.42. The highest BCUT2D eigenvalue weighted by Crippen LogP contribution is 2.16. The van der Waals surface area contributed by atoms with E-state index >= 15 is 0 Å². The van der Waals surface area contributed by atoms with Gasteiger partial charge in [0, 0.05) is 12.1 Å². The van der Waals surface area contributed by atoms with Crippen molar-refractivity contribution in [3.8, 4) is 5.69 Å². The average Bonchev–Trinajstić information content (AvgIpc) is 2.74. The molecular formula is C11H11IN4O2. The summed E-state index contributed by atoms with van der Waals surface area (Å²) < 4.78 is 2.38. The number of nitrogens with zero attached hydrogens (tertiary/aromatic N) is 4. The molecule has 0 aliphatic heterocycles. The van der Waals surface area contributed by atoms with Gasteiger partial charge in [-0.2, -0.15) is 5.10 Å². The standard InChI is InChI=1S/C11H11IN4O2/c1-6(2)10-13-4-8(9(15-10)11(17)18)16-5-7(12)3-14-16/h3-6H,1-2H3,(H,17,18). The van der Waals surface area contributed by atoms with Crippen LogP contribution in [-0.2, 0) is 0 Å². The SMILES string of the molecule is CC(C)c1ncc(-n2cc(I)cn2)c(C(=O)O)n1. The van der Waals surface area contributed by atoms with E-state index in [-0.39, 0.29) is 11.6 Å². The molecule has 0 saturated heterocycles. The van der Waals surface area contributed by atoms with E-state index in [0.717, 1.165) is 3.57 Å². The second-order valence-corrected chi connectivity index (χ2v) is 5.27. The summed E-state index contributed by atoms with van der Waals surface area (Å²) in [4.78, 5) is 19.5. The fourth-order valence-corrected chi connectivity index (χ4v) is 1.81. The van der Waals surface area contributed by atoms with Crippen LogP contribution in [0.3, 0.4) is 0 Å². The third-order valence-corrected chi connectivity index (χ3v) is 2.86. The Hall–Kier alpha value is -1.51. The zero-order chi connectivity index (χ0) is 13.3. The molecule has 2 aromatic heterocycles. The number of hydrogen-bond acceptors (Lipinski definition) is 4. The molecule has 0 radical (unpaired) electrons. The third-order valence-electron chi connectivity index (χ3n) is 2.30. The molecule has 7 heteroatoms. The highest BCUT2D eigenvalue weighted by Gasteiger charge is 2.17. The number of carboxylic acid groups (broad SMARTS) is 1. The number of aromatic nitrogens is 4. The van der Waals surface area contributed by atoms with Crippen molar-refractivity contribution >= 4 is 28.6 Å². The van der Waals surface area contributed by atoms with Crippen LogP contribution in [0.5, 0.6) is 0 Å². The molecule has 0 amide bonds. The van der Waals surface area contributed by atoms with Crippen LogP contribution in [0, 0.1) is 3.57 Å². The van der Waals surface area contributed by atoms with Crippen LogP contribution in [-0.4, -0.2) is 30.8 Å². The van der Waals surface area contributed by atoms with Gasteiger partial charge < -0.3 is 5.11 Å². The Bertz CT molecular complexity index is 594. The van der Waals surface area contributed by atoms with Gasteiger partial charge in [0.1, 0.15) is 11.5 Å². The van der Waals surface area contributed by atoms with E-state index in [2.05, 4.69) is 37.7 Å². The summed E-state index contributed by atoms with van der Waals surface area (Å²) in [6.07, 6.45) is 4.86. The molecule has 1 N–H and O–H groups in total. The van der Waals surface area contributed by atoms with Crippen LogP contribution >= 0.6 is 22.6 Å². The molecule has 0 spiro atoms. The van der Waals surface area contributed by atoms with Crippen LogP contribution in [0.1, 0.15) is 36.1 Å². The number of rotatable bonds is 3. The molecule has 0 atom stereocenters. The summed E-state index contributed by atoms with van der Waals surface area (Å²) in [5, 5.41) is 13.3. The van der Waals surface area contributed by atoms with Crippen molar-refractivity contribution in [2.75, 3.05) is 0 Å². The lowest BCUT2D eigenvalue weighted by atomic mass is 10.2. The van der Waals surface area contributed by atoms with Crippen LogP contribution in [0.2, 0.25) is 0 Å². The van der Waals surface area contributed by atoms with Crippen LogP contribution in [0.15, 0.2) is 18.6 Å². The predicted molar refractivity (Wildman–Crippen MR) is 72.9 cm³/mol. The maximum absolute atomic E-state index is 11.2. The predicted octanol–water partition coefficient (Wildman–Crippen LogP) is 2.09. The zero-order valence-corrected chi connectivity index (χ0v) is 12.0. The van der Waals surface area contributed by atoms with E-state index in [1.807, 2.05) is 13.8 Å². The molecule has 0 aromatic carbocycles. The van der Waals surface area contributed by atoms with Crippen molar-refractivity contribution in [3.05, 3.63) is 33.7 Å². The van der Waals surface area contributed by atoms with Gasteiger partial charge >= 0.3 is 5.97 Å². The maximum atomic E-state index is 11.2. The van der Waals surface area contributed by atoms with Crippen molar-refractivity contribution in [1.82, 2.24) is 19.7 Å². The van der Waals surface area contributed by atoms with Gasteiger partial charge in [-0.25, -0.2) is 19.4 Å². The summed E-state index contributed by atoms with van der Waals surface area (Å²) in [7, 11) is 0. The van der Waals surface area contributed by atoms with Gasteiger partial charge in [-0.1, -0.05) is 13.8 Å². The maximum Gasteiger partial charge on any atom is 0.356 e. The van der Waals surface area contributed by atoms with Crippen molar-refractivity contribution < 1.29 is 9.90 Å². The number of hydrogen-bond donors (Lipinski definition) is 1. The number of carboxylic acids is 1. The van der Waals surface area contributed by atoms with Crippen LogP contribution < -0.4 is 0 Å². The second kappa shape index (κ2) is 5.01. The van der Waals surface area contributed by atoms with Crippen molar-refractivity contribution in [2.45, 2.75) is 19.8 Å². The Morgan fingerprint density at radius 1 is 1.44 bits per heavy atom. The number of aromatic carboxylic acids is 1. The van der Waals surface area contributed by atoms with E-state index in [4.69, 9.17) is 0 Å². The molecule has 0 saturated carbocycles. The van der Waals surface area contributed by atoms with E-state index in [1.165, 1.54) is 10.9 Å². The Morgan fingerprint density at radius 3 is 2.67 bits per heavy atom. The molecule has 0 bridgehead atoms. The molecule has 94 valence electrons. The molecule has 6 nitrogen and oxygen atoms in total. The summed E-state index contributed by atoms with van der Waals surface area (Å²) in [5.41, 5.74) is 0.336. The third kappa shape index (κ3) is 2.50. The van der Waals surface area contributed by atoms with E-state index < -0.39 is 5.97 Å². The summed E-state index contributed by atoms with van der Waals surface area (Å²) in [5.74, 6) is -0.493. The van der Waals surface area contributed by atoms with Crippen molar-refractivity contribution in [1.29, 1.82) is 0 Å². The molecule has 18 heavy (non-hydrogen) atoms. The first-order valence-corrected chi connectivity index (χ1v) is 6.37. The molecule has 2 heterocycles. The minimum absolute atomic E-state index is 0.0341. The number of halogens is 1. The minimum atomic E-state index is -1.08. The van der Waals surface area contributed by atoms with E-state index in [9.17, 15) is 9.90 Å². The molecule has 0 aliphatic carbocycles. The normalized spacial score (nSPS) is 10.9. The highest BCUT2D eigenvalue weighted by atomic mass is 127. The quantitative estimate of drug-likeness (QED) is 0.850. The summed E-state index contributed by atoms with van der Waals surface area (Å²) >= 11 is 2.10. The number of carbonyl (C=O) groups is 1. The van der Waals surface area contributed by atoms with Crippen molar-refractivity contribution in [2.24, 2.45) is 0 Å². The lowest BCUT2D eigenvalue weighted by Gasteiger charge is -2.08. The molecule has 0 unspecified atom stereocenters. The lowest BCUT2D eigenvalue weighted by Crippen LogP contribution is -2.12. The Labute approximate surface area is 117 Å². The van der Waals surface area contributed by atoms with Crippen molar-refractivity contribution in [3.63, 3.8) is 0 Å².